The number of hydrogen-bond donors (Lipinski definition) is 1. The monoisotopic (exact) mass is 297 g/mol. The topological polar surface area (TPSA) is 64.6 Å². The van der Waals surface area contributed by atoms with E-state index in [1.807, 2.05) is 0 Å². The predicted octanol–water partition coefficient (Wildman–Crippen LogP) is 2.29. The summed E-state index contributed by atoms with van der Waals surface area (Å²) in [5.74, 6) is -1.68. The summed E-state index contributed by atoms with van der Waals surface area (Å²) in [6.45, 7) is 6.65. The largest absolute Gasteiger partial charge is 0.497 e. The first kappa shape index (κ1) is 16.9. The molecule has 0 bridgehead atoms. The number of rotatable bonds is 4. The number of methoxy groups -OCH3 is 1. The van der Waals surface area contributed by atoms with Crippen molar-refractivity contribution in [1.82, 2.24) is 5.32 Å². The Morgan fingerprint density at radius 1 is 1.29 bits per heavy atom. The number of hydrogen-bond acceptors (Lipinski definition) is 4. The molecule has 1 aromatic carbocycles. The average Bonchev–Trinajstić information content (AvgIpc) is 2.36. The maximum absolute atomic E-state index is 13.8. The fraction of sp³-hybridized carbons (Fsp3) is 0.467. The first-order valence-electron chi connectivity index (χ1n) is 6.51. The Balaban J connectivity index is 2.75. The van der Waals surface area contributed by atoms with E-state index >= 15 is 0 Å². The lowest BCUT2D eigenvalue weighted by atomic mass is 10.1. The Labute approximate surface area is 123 Å². The van der Waals surface area contributed by atoms with Crippen LogP contribution in [-0.2, 0) is 9.53 Å². The molecule has 21 heavy (non-hydrogen) atoms. The van der Waals surface area contributed by atoms with E-state index in [1.54, 1.807) is 20.8 Å². The first-order chi connectivity index (χ1) is 9.64. The molecule has 0 radical (unpaired) electrons. The van der Waals surface area contributed by atoms with E-state index < -0.39 is 29.3 Å². The molecule has 1 rings (SSSR count). The van der Waals surface area contributed by atoms with Crippen molar-refractivity contribution >= 4 is 11.9 Å². The summed E-state index contributed by atoms with van der Waals surface area (Å²) < 4.78 is 23.7. The molecule has 6 heteroatoms. The zero-order valence-corrected chi connectivity index (χ0v) is 12.8. The fourth-order valence-corrected chi connectivity index (χ4v) is 1.53. The standard InChI is InChI=1S/C15H20FNO4/c1-9(14(19)21-15(2,3)4)17-13(18)11-7-6-10(20-5)8-12(11)16/h6-9H,1-5H3,(H,17,18)/t9-/m0/s1. The van der Waals surface area contributed by atoms with Gasteiger partial charge in [-0.3, -0.25) is 4.79 Å². The number of ether oxygens (including phenoxy) is 2. The van der Waals surface area contributed by atoms with Gasteiger partial charge in [0.15, 0.2) is 0 Å². The SMILES string of the molecule is COc1ccc(C(=O)N[C@@H](C)C(=O)OC(C)(C)C)c(F)c1. The number of halogens is 1. The van der Waals surface area contributed by atoms with Gasteiger partial charge < -0.3 is 14.8 Å². The van der Waals surface area contributed by atoms with Crippen molar-refractivity contribution < 1.29 is 23.5 Å². The van der Waals surface area contributed by atoms with Gasteiger partial charge in [0.25, 0.3) is 5.91 Å². The van der Waals surface area contributed by atoms with E-state index in [9.17, 15) is 14.0 Å². The molecular weight excluding hydrogens is 277 g/mol. The maximum atomic E-state index is 13.8. The molecule has 0 saturated carbocycles. The number of amides is 1. The van der Waals surface area contributed by atoms with Gasteiger partial charge in [0.2, 0.25) is 0 Å². The number of benzene rings is 1. The lowest BCUT2D eigenvalue weighted by Crippen LogP contribution is -2.42. The zero-order chi connectivity index (χ0) is 16.2. The molecule has 0 fully saturated rings. The van der Waals surface area contributed by atoms with E-state index in [4.69, 9.17) is 9.47 Å². The van der Waals surface area contributed by atoms with Gasteiger partial charge in [0.05, 0.1) is 12.7 Å². The van der Waals surface area contributed by atoms with E-state index in [1.165, 1.54) is 26.2 Å². The molecule has 5 nitrogen and oxygen atoms in total. The first-order valence-corrected chi connectivity index (χ1v) is 6.51. The van der Waals surface area contributed by atoms with Gasteiger partial charge in [-0.25, -0.2) is 9.18 Å². The number of esters is 1. The minimum absolute atomic E-state index is 0.161. The molecule has 1 amide bonds. The number of carbonyl (C=O) groups excluding carboxylic acids is 2. The van der Waals surface area contributed by atoms with Crippen LogP contribution in [0.3, 0.4) is 0 Å². The third-order valence-electron chi connectivity index (χ3n) is 2.53. The molecule has 0 heterocycles. The Morgan fingerprint density at radius 2 is 1.90 bits per heavy atom. The van der Waals surface area contributed by atoms with Crippen LogP contribution in [0.1, 0.15) is 38.1 Å². The molecule has 1 N–H and O–H groups in total. The van der Waals surface area contributed by atoms with Crippen LogP contribution in [0.25, 0.3) is 0 Å². The highest BCUT2D eigenvalue weighted by Crippen LogP contribution is 2.16. The summed E-state index contributed by atoms with van der Waals surface area (Å²) in [5.41, 5.74) is -0.812. The van der Waals surface area contributed by atoms with Gasteiger partial charge in [-0.1, -0.05) is 0 Å². The summed E-state index contributed by atoms with van der Waals surface area (Å²) in [7, 11) is 1.40. The van der Waals surface area contributed by atoms with E-state index in [-0.39, 0.29) is 5.56 Å². The highest BCUT2D eigenvalue weighted by atomic mass is 19.1. The highest BCUT2D eigenvalue weighted by Gasteiger charge is 2.24. The Hall–Kier alpha value is -2.11. The number of nitrogens with one attached hydrogen (secondary N) is 1. The van der Waals surface area contributed by atoms with Crippen LogP contribution in [0.15, 0.2) is 18.2 Å². The predicted molar refractivity (Wildman–Crippen MR) is 75.7 cm³/mol. The van der Waals surface area contributed by atoms with E-state index in [0.29, 0.717) is 5.75 Å². The molecule has 1 atom stereocenters. The van der Waals surface area contributed by atoms with Crippen LogP contribution in [0.2, 0.25) is 0 Å². The summed E-state index contributed by atoms with van der Waals surface area (Å²) >= 11 is 0. The molecular formula is C15H20FNO4. The Kier molecular flexibility index (Phi) is 5.29. The van der Waals surface area contributed by atoms with Crippen molar-refractivity contribution in [3.63, 3.8) is 0 Å². The molecule has 1 aromatic rings. The molecule has 0 aromatic heterocycles. The minimum atomic E-state index is -0.877. The van der Waals surface area contributed by atoms with Gasteiger partial charge in [-0.15, -0.1) is 0 Å². The number of carbonyl (C=O) groups is 2. The summed E-state index contributed by atoms with van der Waals surface area (Å²) in [6.07, 6.45) is 0. The van der Waals surface area contributed by atoms with Crippen LogP contribution >= 0.6 is 0 Å². The molecule has 116 valence electrons. The Morgan fingerprint density at radius 3 is 2.38 bits per heavy atom. The third kappa shape index (κ3) is 5.06. The molecule has 0 aliphatic rings. The summed E-state index contributed by atoms with van der Waals surface area (Å²) in [4.78, 5) is 23.7. The van der Waals surface area contributed by atoms with E-state index in [0.717, 1.165) is 6.07 Å². The van der Waals surface area contributed by atoms with Crippen LogP contribution in [-0.4, -0.2) is 30.6 Å². The second kappa shape index (κ2) is 6.56. The molecule has 0 spiro atoms. The molecule has 0 aliphatic heterocycles. The Bertz CT molecular complexity index is 537. The second-order valence-electron chi connectivity index (χ2n) is 5.57. The third-order valence-corrected chi connectivity index (χ3v) is 2.53. The van der Waals surface area contributed by atoms with Gasteiger partial charge >= 0.3 is 5.97 Å². The second-order valence-corrected chi connectivity index (χ2v) is 5.57. The van der Waals surface area contributed by atoms with Crippen molar-refractivity contribution in [2.24, 2.45) is 0 Å². The normalized spacial score (nSPS) is 12.5. The average molecular weight is 297 g/mol. The van der Waals surface area contributed by atoms with Crippen molar-refractivity contribution in [2.75, 3.05) is 7.11 Å². The lowest BCUT2D eigenvalue weighted by molar-refractivity contribution is -0.156. The van der Waals surface area contributed by atoms with Crippen molar-refractivity contribution in [3.05, 3.63) is 29.6 Å². The van der Waals surface area contributed by atoms with Crippen LogP contribution in [0.4, 0.5) is 4.39 Å². The zero-order valence-electron chi connectivity index (χ0n) is 12.8. The van der Waals surface area contributed by atoms with Crippen molar-refractivity contribution in [1.29, 1.82) is 0 Å². The highest BCUT2D eigenvalue weighted by molar-refractivity contribution is 5.97. The van der Waals surface area contributed by atoms with Gasteiger partial charge in [-0.2, -0.15) is 0 Å². The molecule has 0 saturated heterocycles. The maximum Gasteiger partial charge on any atom is 0.328 e. The minimum Gasteiger partial charge on any atom is -0.497 e. The van der Waals surface area contributed by atoms with Crippen LogP contribution in [0, 0.1) is 5.82 Å². The molecule has 0 aliphatic carbocycles. The quantitative estimate of drug-likeness (QED) is 0.866. The van der Waals surface area contributed by atoms with Crippen LogP contribution in [0.5, 0.6) is 5.75 Å². The van der Waals surface area contributed by atoms with Crippen molar-refractivity contribution in [2.45, 2.75) is 39.3 Å². The van der Waals surface area contributed by atoms with Crippen molar-refractivity contribution in [3.8, 4) is 5.75 Å². The summed E-state index contributed by atoms with van der Waals surface area (Å²) in [6, 6.07) is 2.99. The van der Waals surface area contributed by atoms with E-state index in [2.05, 4.69) is 5.32 Å². The van der Waals surface area contributed by atoms with Gasteiger partial charge in [0, 0.05) is 6.07 Å². The summed E-state index contributed by atoms with van der Waals surface area (Å²) in [5, 5.41) is 2.40. The fourth-order valence-electron chi connectivity index (χ4n) is 1.53. The van der Waals surface area contributed by atoms with Crippen LogP contribution < -0.4 is 10.1 Å². The molecule has 0 unspecified atom stereocenters. The van der Waals surface area contributed by atoms with Gasteiger partial charge in [0.1, 0.15) is 23.2 Å². The lowest BCUT2D eigenvalue weighted by Gasteiger charge is -2.22. The smallest absolute Gasteiger partial charge is 0.328 e. The van der Waals surface area contributed by atoms with Gasteiger partial charge in [-0.05, 0) is 39.8 Å².